The molecule has 1 aliphatic heterocycles. The van der Waals surface area contributed by atoms with Crippen LogP contribution in [0.15, 0.2) is 53.4 Å². The molecular formula is C18H20N2O5S. The molecule has 3 rings (SSSR count). The van der Waals surface area contributed by atoms with Crippen molar-refractivity contribution in [1.29, 1.82) is 0 Å². The predicted molar refractivity (Wildman–Crippen MR) is 96.8 cm³/mol. The third kappa shape index (κ3) is 4.14. The lowest BCUT2D eigenvalue weighted by atomic mass is 10.1. The number of anilines is 1. The van der Waals surface area contributed by atoms with Crippen LogP contribution >= 0.6 is 0 Å². The van der Waals surface area contributed by atoms with E-state index in [-0.39, 0.29) is 10.5 Å². The van der Waals surface area contributed by atoms with E-state index in [0.717, 1.165) is 25.6 Å². The number of rotatable bonds is 6. The number of carboxylic acids is 1. The molecule has 0 amide bonds. The molecule has 0 aromatic heterocycles. The van der Waals surface area contributed by atoms with Gasteiger partial charge in [0.05, 0.1) is 10.5 Å². The molecule has 26 heavy (non-hydrogen) atoms. The van der Waals surface area contributed by atoms with Crippen LogP contribution in [0.2, 0.25) is 0 Å². The van der Waals surface area contributed by atoms with Crippen molar-refractivity contribution in [1.82, 2.24) is 4.89 Å². The van der Waals surface area contributed by atoms with Gasteiger partial charge in [-0.15, -0.1) is 0 Å². The van der Waals surface area contributed by atoms with E-state index >= 15 is 0 Å². The number of sulfonamides is 1. The molecule has 138 valence electrons. The van der Waals surface area contributed by atoms with E-state index in [0.29, 0.717) is 17.4 Å². The van der Waals surface area contributed by atoms with Gasteiger partial charge in [-0.1, -0.05) is 25.1 Å². The number of nitrogens with zero attached hydrogens (tertiary/aromatic N) is 1. The van der Waals surface area contributed by atoms with E-state index in [9.17, 15) is 18.3 Å². The Labute approximate surface area is 152 Å². The molecule has 0 radical (unpaired) electrons. The fraction of sp³-hybridized carbons (Fsp3) is 0.278. The first-order valence-electron chi connectivity index (χ1n) is 8.22. The highest BCUT2D eigenvalue weighted by Gasteiger charge is 2.24. The number of benzene rings is 2. The normalized spacial score (nSPS) is 17.3. The van der Waals surface area contributed by atoms with Gasteiger partial charge in [0.15, 0.2) is 0 Å². The third-order valence-electron chi connectivity index (χ3n) is 4.25. The van der Waals surface area contributed by atoms with Crippen LogP contribution in [0, 0.1) is 5.92 Å². The number of nitrogens with one attached hydrogen (secondary N) is 1. The summed E-state index contributed by atoms with van der Waals surface area (Å²) in [5, 5.41) is 9.34. The summed E-state index contributed by atoms with van der Waals surface area (Å²) >= 11 is 0. The number of carbonyl (C=O) groups is 1. The van der Waals surface area contributed by atoms with Gasteiger partial charge in [0.25, 0.3) is 10.0 Å². The molecule has 1 saturated heterocycles. The van der Waals surface area contributed by atoms with Crippen molar-refractivity contribution in [3.05, 3.63) is 54.1 Å². The Morgan fingerprint density at radius 2 is 1.96 bits per heavy atom. The highest BCUT2D eigenvalue weighted by molar-refractivity contribution is 7.89. The Hall–Kier alpha value is -2.58. The minimum Gasteiger partial charge on any atom is -0.478 e. The SMILES string of the molecule is CC1CCN(c2cc(C(=O)O)cc(S(=O)(=O)NOc3ccccc3)c2)C1. The largest absolute Gasteiger partial charge is 0.478 e. The molecule has 1 atom stereocenters. The summed E-state index contributed by atoms with van der Waals surface area (Å²) in [6.45, 7) is 3.63. The Morgan fingerprint density at radius 3 is 2.58 bits per heavy atom. The lowest BCUT2D eigenvalue weighted by Crippen LogP contribution is -2.28. The fourth-order valence-electron chi connectivity index (χ4n) is 2.85. The van der Waals surface area contributed by atoms with Gasteiger partial charge in [0, 0.05) is 18.8 Å². The summed E-state index contributed by atoms with van der Waals surface area (Å²) in [5.41, 5.74) is 0.497. The minimum atomic E-state index is -4.04. The first-order chi connectivity index (χ1) is 12.3. The van der Waals surface area contributed by atoms with Crippen molar-refractivity contribution >= 4 is 21.7 Å². The molecule has 0 saturated carbocycles. The number of hydrogen-bond donors (Lipinski definition) is 2. The second kappa shape index (κ2) is 7.35. The highest BCUT2D eigenvalue weighted by Crippen LogP contribution is 2.27. The van der Waals surface area contributed by atoms with Gasteiger partial charge < -0.3 is 14.8 Å². The summed E-state index contributed by atoms with van der Waals surface area (Å²) < 4.78 is 25.1. The van der Waals surface area contributed by atoms with Crippen molar-refractivity contribution < 1.29 is 23.2 Å². The number of hydrogen-bond acceptors (Lipinski definition) is 5. The minimum absolute atomic E-state index is 0.0814. The monoisotopic (exact) mass is 376 g/mol. The highest BCUT2D eigenvalue weighted by atomic mass is 32.2. The predicted octanol–water partition coefficient (Wildman–Crippen LogP) is 2.50. The maximum Gasteiger partial charge on any atom is 0.335 e. The van der Waals surface area contributed by atoms with Gasteiger partial charge in [-0.25, -0.2) is 13.2 Å². The quantitative estimate of drug-likeness (QED) is 0.752. The molecule has 7 nitrogen and oxygen atoms in total. The first-order valence-corrected chi connectivity index (χ1v) is 9.70. The first kappa shape index (κ1) is 18.2. The van der Waals surface area contributed by atoms with Crippen LogP contribution in [-0.4, -0.2) is 32.6 Å². The Kier molecular flexibility index (Phi) is 5.15. The van der Waals surface area contributed by atoms with E-state index in [1.807, 2.05) is 9.79 Å². The van der Waals surface area contributed by atoms with Crippen molar-refractivity contribution in [3.63, 3.8) is 0 Å². The second-order valence-electron chi connectivity index (χ2n) is 6.36. The van der Waals surface area contributed by atoms with Gasteiger partial charge in [0.1, 0.15) is 5.75 Å². The molecule has 1 aliphatic rings. The maximum absolute atomic E-state index is 12.6. The molecule has 8 heteroatoms. The molecule has 2 aromatic carbocycles. The van der Waals surface area contributed by atoms with Crippen molar-refractivity contribution in [3.8, 4) is 5.75 Å². The van der Waals surface area contributed by atoms with E-state index in [2.05, 4.69) is 6.92 Å². The summed E-state index contributed by atoms with van der Waals surface area (Å²) in [5.74, 6) is -0.373. The summed E-state index contributed by atoms with van der Waals surface area (Å²) in [6, 6.07) is 12.5. The molecule has 0 bridgehead atoms. The lowest BCUT2D eigenvalue weighted by Gasteiger charge is -2.20. The van der Waals surface area contributed by atoms with Crippen LogP contribution in [0.5, 0.6) is 5.75 Å². The van der Waals surface area contributed by atoms with Gasteiger partial charge >= 0.3 is 5.97 Å². The van der Waals surface area contributed by atoms with Gasteiger partial charge in [-0.2, -0.15) is 0 Å². The molecule has 1 fully saturated rings. The zero-order valence-corrected chi connectivity index (χ0v) is 15.1. The molecule has 0 aliphatic carbocycles. The Bertz CT molecular complexity index is 899. The average Bonchev–Trinajstić information content (AvgIpc) is 3.07. The number of para-hydroxylation sites is 1. The van der Waals surface area contributed by atoms with E-state index < -0.39 is 16.0 Å². The van der Waals surface area contributed by atoms with Crippen molar-refractivity contribution in [2.24, 2.45) is 5.92 Å². The second-order valence-corrected chi connectivity index (χ2v) is 8.01. The molecule has 1 unspecified atom stereocenters. The summed E-state index contributed by atoms with van der Waals surface area (Å²) in [4.78, 5) is 20.4. The molecule has 1 heterocycles. The lowest BCUT2D eigenvalue weighted by molar-refractivity contribution is 0.0696. The van der Waals surface area contributed by atoms with E-state index in [4.69, 9.17) is 4.84 Å². The van der Waals surface area contributed by atoms with Crippen LogP contribution in [0.4, 0.5) is 5.69 Å². The van der Waals surface area contributed by atoms with Crippen LogP contribution in [0.25, 0.3) is 0 Å². The zero-order chi connectivity index (χ0) is 18.7. The number of carboxylic acid groups (broad SMARTS) is 1. The molecular weight excluding hydrogens is 356 g/mol. The van der Waals surface area contributed by atoms with E-state index in [1.54, 1.807) is 30.3 Å². The third-order valence-corrected chi connectivity index (χ3v) is 5.41. The molecule has 2 N–H and O–H groups in total. The zero-order valence-electron chi connectivity index (χ0n) is 14.3. The average molecular weight is 376 g/mol. The standard InChI is InChI=1S/C18H20N2O5S/c1-13-7-8-20(12-13)15-9-14(18(21)22)10-17(11-15)26(23,24)19-25-16-5-3-2-4-6-16/h2-6,9-11,13,19H,7-8,12H2,1H3,(H,21,22). The van der Waals surface area contributed by atoms with E-state index in [1.165, 1.54) is 12.1 Å². The maximum atomic E-state index is 12.6. The van der Waals surface area contributed by atoms with Gasteiger partial charge in [-0.05, 0) is 47.6 Å². The van der Waals surface area contributed by atoms with Crippen LogP contribution in [0.3, 0.4) is 0 Å². The van der Waals surface area contributed by atoms with Crippen molar-refractivity contribution in [2.75, 3.05) is 18.0 Å². The summed E-state index contributed by atoms with van der Waals surface area (Å²) in [7, 11) is -4.04. The van der Waals surface area contributed by atoms with Crippen LogP contribution in [0.1, 0.15) is 23.7 Å². The van der Waals surface area contributed by atoms with Gasteiger partial charge in [0.2, 0.25) is 0 Å². The Morgan fingerprint density at radius 1 is 1.23 bits per heavy atom. The summed E-state index contributed by atoms with van der Waals surface area (Å²) in [6.07, 6.45) is 0.981. The smallest absolute Gasteiger partial charge is 0.335 e. The fourth-order valence-corrected chi connectivity index (χ4v) is 3.71. The Balaban J connectivity index is 1.89. The van der Waals surface area contributed by atoms with Crippen molar-refractivity contribution in [2.45, 2.75) is 18.2 Å². The van der Waals surface area contributed by atoms with Crippen LogP contribution < -0.4 is 14.6 Å². The topological polar surface area (TPSA) is 95.9 Å². The van der Waals surface area contributed by atoms with Crippen LogP contribution in [-0.2, 0) is 10.0 Å². The molecule has 2 aromatic rings. The number of aromatic carboxylic acids is 1. The molecule has 0 spiro atoms. The van der Waals surface area contributed by atoms with Gasteiger partial charge in [-0.3, -0.25) is 0 Å².